The summed E-state index contributed by atoms with van der Waals surface area (Å²) in [5.74, 6) is 0.584. The third-order valence-corrected chi connectivity index (χ3v) is 1.78. The van der Waals surface area contributed by atoms with Gasteiger partial charge >= 0.3 is 0 Å². The van der Waals surface area contributed by atoms with Crippen LogP contribution in [0.3, 0.4) is 0 Å². The second kappa shape index (κ2) is 2.57. The molecular weight excluding hydrogens is 122 g/mol. The predicted molar refractivity (Wildman–Crippen MR) is 45.5 cm³/mol. The maximum Gasteiger partial charge on any atom is 0.0661 e. The molecule has 0 bridgehead atoms. The van der Waals surface area contributed by atoms with Gasteiger partial charge in [0.1, 0.15) is 0 Å². The number of aliphatic imine (C=N–C) groups is 1. The van der Waals surface area contributed by atoms with Gasteiger partial charge in [0.25, 0.3) is 0 Å². The maximum atomic E-state index is 4.49. The van der Waals surface area contributed by atoms with Gasteiger partial charge in [-0.1, -0.05) is 19.9 Å². The highest BCUT2D eigenvalue weighted by Crippen LogP contribution is 2.17. The molecule has 0 aromatic carbocycles. The van der Waals surface area contributed by atoms with Gasteiger partial charge < -0.3 is 0 Å². The van der Waals surface area contributed by atoms with Crippen molar-refractivity contribution in [3.63, 3.8) is 0 Å². The third kappa shape index (κ3) is 1.28. The molecule has 0 spiro atoms. The van der Waals surface area contributed by atoms with Crippen molar-refractivity contribution in [2.75, 3.05) is 0 Å². The van der Waals surface area contributed by atoms with Gasteiger partial charge in [-0.15, -0.1) is 0 Å². The molecule has 1 aliphatic rings. The summed E-state index contributed by atoms with van der Waals surface area (Å²) in [6, 6.07) is 0.414. The SMILES string of the molecule is CC1=CC(C)N=C1C(C)C. The van der Waals surface area contributed by atoms with Crippen molar-refractivity contribution in [2.24, 2.45) is 10.9 Å². The molecule has 1 atom stereocenters. The molecule has 1 aliphatic heterocycles. The van der Waals surface area contributed by atoms with E-state index >= 15 is 0 Å². The molecule has 0 radical (unpaired) electrons. The topological polar surface area (TPSA) is 12.4 Å². The number of nitrogens with zero attached hydrogens (tertiary/aromatic N) is 1. The summed E-state index contributed by atoms with van der Waals surface area (Å²) in [7, 11) is 0. The smallest absolute Gasteiger partial charge is 0.0661 e. The molecule has 56 valence electrons. The van der Waals surface area contributed by atoms with Crippen LogP contribution >= 0.6 is 0 Å². The average Bonchev–Trinajstić information content (AvgIpc) is 2.10. The zero-order valence-electron chi connectivity index (χ0n) is 7.18. The first-order valence-electron chi connectivity index (χ1n) is 3.87. The molecule has 1 rings (SSSR count). The zero-order valence-corrected chi connectivity index (χ0v) is 7.18. The van der Waals surface area contributed by atoms with Gasteiger partial charge in [-0.3, -0.25) is 4.99 Å². The minimum Gasteiger partial charge on any atom is -0.282 e. The lowest BCUT2D eigenvalue weighted by Gasteiger charge is -2.04. The fourth-order valence-electron chi connectivity index (χ4n) is 1.41. The van der Waals surface area contributed by atoms with E-state index < -0.39 is 0 Å². The van der Waals surface area contributed by atoms with E-state index in [0.717, 1.165) is 0 Å². The summed E-state index contributed by atoms with van der Waals surface area (Å²) in [5, 5.41) is 0. The highest BCUT2D eigenvalue weighted by Gasteiger charge is 2.14. The molecule has 0 fully saturated rings. The summed E-state index contributed by atoms with van der Waals surface area (Å²) >= 11 is 0. The first kappa shape index (κ1) is 7.52. The lowest BCUT2D eigenvalue weighted by Crippen LogP contribution is -2.05. The predicted octanol–water partition coefficient (Wildman–Crippen LogP) is 2.43. The Bertz CT molecular complexity index is 187. The molecular formula is C9H15N. The van der Waals surface area contributed by atoms with E-state index in [4.69, 9.17) is 0 Å². The third-order valence-electron chi connectivity index (χ3n) is 1.78. The second-order valence-electron chi connectivity index (χ2n) is 3.26. The minimum absolute atomic E-state index is 0.414. The normalized spacial score (nSPS) is 25.1. The number of hydrogen-bond donors (Lipinski definition) is 0. The molecule has 1 unspecified atom stereocenters. The molecule has 1 heteroatoms. The van der Waals surface area contributed by atoms with Crippen molar-refractivity contribution in [2.45, 2.75) is 33.7 Å². The fourth-order valence-corrected chi connectivity index (χ4v) is 1.41. The molecule has 0 N–H and O–H groups in total. The van der Waals surface area contributed by atoms with Gasteiger partial charge in [0.15, 0.2) is 0 Å². The van der Waals surface area contributed by atoms with Crippen LogP contribution in [0, 0.1) is 5.92 Å². The summed E-state index contributed by atoms with van der Waals surface area (Å²) in [4.78, 5) is 4.49. The van der Waals surface area contributed by atoms with Gasteiger partial charge in [-0.25, -0.2) is 0 Å². The van der Waals surface area contributed by atoms with Crippen LogP contribution in [-0.2, 0) is 0 Å². The first-order chi connectivity index (χ1) is 4.61. The Morgan fingerprint density at radius 1 is 1.50 bits per heavy atom. The van der Waals surface area contributed by atoms with Crippen LogP contribution in [0.25, 0.3) is 0 Å². The molecule has 0 saturated heterocycles. The van der Waals surface area contributed by atoms with E-state index in [1.165, 1.54) is 11.3 Å². The molecule has 1 nitrogen and oxygen atoms in total. The highest BCUT2D eigenvalue weighted by atomic mass is 14.8. The minimum atomic E-state index is 0.414. The quantitative estimate of drug-likeness (QED) is 0.526. The Balaban J connectivity index is 2.80. The zero-order chi connectivity index (χ0) is 7.72. The Morgan fingerprint density at radius 2 is 2.10 bits per heavy atom. The number of rotatable bonds is 1. The highest BCUT2D eigenvalue weighted by molar-refractivity contribution is 6.02. The van der Waals surface area contributed by atoms with E-state index in [0.29, 0.717) is 12.0 Å². The molecule has 10 heavy (non-hydrogen) atoms. The van der Waals surface area contributed by atoms with Crippen molar-refractivity contribution in [1.29, 1.82) is 0 Å². The van der Waals surface area contributed by atoms with Crippen molar-refractivity contribution in [1.82, 2.24) is 0 Å². The summed E-state index contributed by atoms with van der Waals surface area (Å²) in [6.45, 7) is 8.64. The lowest BCUT2D eigenvalue weighted by atomic mass is 10.0. The van der Waals surface area contributed by atoms with Crippen LogP contribution in [0.15, 0.2) is 16.6 Å². The summed E-state index contributed by atoms with van der Waals surface area (Å²) in [5.41, 5.74) is 2.65. The van der Waals surface area contributed by atoms with Crippen molar-refractivity contribution in [3.05, 3.63) is 11.6 Å². The van der Waals surface area contributed by atoms with Gasteiger partial charge in [0.05, 0.1) is 6.04 Å². The van der Waals surface area contributed by atoms with Crippen LogP contribution in [-0.4, -0.2) is 11.8 Å². The molecule has 0 aromatic rings. The van der Waals surface area contributed by atoms with Crippen LogP contribution < -0.4 is 0 Å². The van der Waals surface area contributed by atoms with Crippen molar-refractivity contribution >= 4 is 5.71 Å². The van der Waals surface area contributed by atoms with Gasteiger partial charge in [-0.2, -0.15) is 0 Å². The van der Waals surface area contributed by atoms with E-state index in [1.54, 1.807) is 0 Å². The van der Waals surface area contributed by atoms with Crippen molar-refractivity contribution < 1.29 is 0 Å². The van der Waals surface area contributed by atoms with Gasteiger partial charge in [0.2, 0.25) is 0 Å². The monoisotopic (exact) mass is 137 g/mol. The van der Waals surface area contributed by atoms with Crippen LogP contribution in [0.1, 0.15) is 27.7 Å². The van der Waals surface area contributed by atoms with E-state index in [1.807, 2.05) is 0 Å². The largest absolute Gasteiger partial charge is 0.282 e. The van der Waals surface area contributed by atoms with Gasteiger partial charge in [-0.05, 0) is 25.3 Å². The summed E-state index contributed by atoms with van der Waals surface area (Å²) < 4.78 is 0. The molecule has 0 saturated carbocycles. The summed E-state index contributed by atoms with van der Waals surface area (Å²) in [6.07, 6.45) is 2.22. The molecule has 0 aromatic heterocycles. The van der Waals surface area contributed by atoms with Crippen LogP contribution in [0.2, 0.25) is 0 Å². The van der Waals surface area contributed by atoms with E-state index in [2.05, 4.69) is 38.8 Å². The molecule has 0 amide bonds. The maximum absolute atomic E-state index is 4.49. The Kier molecular flexibility index (Phi) is 1.93. The molecule has 1 heterocycles. The Hall–Kier alpha value is -0.590. The number of allylic oxidation sites excluding steroid dienone is 1. The second-order valence-corrected chi connectivity index (χ2v) is 3.26. The van der Waals surface area contributed by atoms with Crippen LogP contribution in [0.5, 0.6) is 0 Å². The molecule has 0 aliphatic carbocycles. The first-order valence-corrected chi connectivity index (χ1v) is 3.87. The van der Waals surface area contributed by atoms with E-state index in [-0.39, 0.29) is 0 Å². The standard InChI is InChI=1S/C9H15N/c1-6(2)9-7(3)5-8(4)10-9/h5-6,8H,1-4H3. The lowest BCUT2D eigenvalue weighted by molar-refractivity contribution is 0.862. The van der Waals surface area contributed by atoms with Crippen LogP contribution in [0.4, 0.5) is 0 Å². The average molecular weight is 137 g/mol. The van der Waals surface area contributed by atoms with Crippen molar-refractivity contribution in [3.8, 4) is 0 Å². The fraction of sp³-hybridized carbons (Fsp3) is 0.667. The van der Waals surface area contributed by atoms with Gasteiger partial charge in [0, 0.05) is 5.71 Å². The number of hydrogen-bond acceptors (Lipinski definition) is 1. The Morgan fingerprint density at radius 3 is 2.30 bits per heavy atom. The Labute approximate surface area is 62.9 Å². The van der Waals surface area contributed by atoms with E-state index in [9.17, 15) is 0 Å².